The predicted molar refractivity (Wildman–Crippen MR) is 91.5 cm³/mol. The summed E-state index contributed by atoms with van der Waals surface area (Å²) in [5.74, 6) is -1.00. The summed E-state index contributed by atoms with van der Waals surface area (Å²) in [6.07, 6.45) is 0. The van der Waals surface area contributed by atoms with Crippen molar-refractivity contribution in [3.63, 3.8) is 0 Å². The third kappa shape index (κ3) is 3.23. The molecule has 1 heterocycles. The first-order chi connectivity index (χ1) is 11.5. The van der Waals surface area contributed by atoms with Crippen molar-refractivity contribution in [2.24, 2.45) is 0 Å². The second-order valence-electron chi connectivity index (χ2n) is 5.67. The highest BCUT2D eigenvalue weighted by atomic mass is 35.5. The fourth-order valence-corrected chi connectivity index (χ4v) is 2.96. The van der Waals surface area contributed by atoms with E-state index in [-0.39, 0.29) is 22.1 Å². The number of aromatic hydroxyl groups is 1. The number of Topliss-reactive ketones (excluding diaryl/α,β-unsaturated/α-hetero) is 1. The summed E-state index contributed by atoms with van der Waals surface area (Å²) in [7, 11) is 0. The number of phenolic OH excluding ortho intramolecular Hbond substituents is 1. The second-order valence-corrected chi connectivity index (χ2v) is 6.08. The first kappa shape index (κ1) is 16.7. The van der Waals surface area contributed by atoms with Gasteiger partial charge in [-0.1, -0.05) is 11.6 Å². The number of ether oxygens (including phenoxy) is 1. The van der Waals surface area contributed by atoms with Gasteiger partial charge in [0.2, 0.25) is 0 Å². The van der Waals surface area contributed by atoms with Crippen molar-refractivity contribution in [3.8, 4) is 16.9 Å². The topological polar surface area (TPSA) is 49.8 Å². The van der Waals surface area contributed by atoms with Crippen LogP contribution in [0.5, 0.6) is 5.75 Å². The van der Waals surface area contributed by atoms with E-state index in [1.165, 1.54) is 13.0 Å². The maximum Gasteiger partial charge on any atom is 0.159 e. The van der Waals surface area contributed by atoms with Gasteiger partial charge in [-0.05, 0) is 31.2 Å². The number of hydrogen-bond acceptors (Lipinski definition) is 4. The van der Waals surface area contributed by atoms with E-state index in [0.29, 0.717) is 37.4 Å². The standard InChI is InChI=1S/C18H17ClFNO3/c1-11(22)12-2-3-17(21-4-6-24-7-5-21)14(8-12)13-9-15(19)18(23)10-16(13)20/h2-3,8-10,23H,4-7H2,1H3. The number of halogens is 2. The molecule has 0 atom stereocenters. The summed E-state index contributed by atoms with van der Waals surface area (Å²) >= 11 is 5.96. The lowest BCUT2D eigenvalue weighted by Crippen LogP contribution is -2.36. The maximum atomic E-state index is 14.4. The zero-order valence-electron chi connectivity index (χ0n) is 13.2. The van der Waals surface area contributed by atoms with Crippen LogP contribution in [0.1, 0.15) is 17.3 Å². The second kappa shape index (κ2) is 6.79. The molecule has 2 aromatic rings. The molecule has 3 rings (SSSR count). The molecule has 2 aromatic carbocycles. The molecule has 1 N–H and O–H groups in total. The number of rotatable bonds is 3. The lowest BCUT2D eigenvalue weighted by Gasteiger charge is -2.31. The van der Waals surface area contributed by atoms with Crippen molar-refractivity contribution in [1.29, 1.82) is 0 Å². The fourth-order valence-electron chi connectivity index (χ4n) is 2.79. The zero-order chi connectivity index (χ0) is 17.3. The van der Waals surface area contributed by atoms with E-state index in [1.54, 1.807) is 12.1 Å². The predicted octanol–water partition coefficient (Wildman–Crippen LogP) is 3.89. The van der Waals surface area contributed by atoms with Crippen LogP contribution in [0.15, 0.2) is 30.3 Å². The average Bonchev–Trinajstić information content (AvgIpc) is 2.58. The van der Waals surface area contributed by atoms with Gasteiger partial charge in [-0.3, -0.25) is 4.79 Å². The van der Waals surface area contributed by atoms with Gasteiger partial charge >= 0.3 is 0 Å². The molecule has 0 radical (unpaired) electrons. The van der Waals surface area contributed by atoms with Gasteiger partial charge < -0.3 is 14.7 Å². The highest BCUT2D eigenvalue weighted by Gasteiger charge is 2.20. The largest absolute Gasteiger partial charge is 0.506 e. The number of anilines is 1. The van der Waals surface area contributed by atoms with Crippen LogP contribution in [-0.4, -0.2) is 37.2 Å². The molecule has 0 aliphatic carbocycles. The Kier molecular flexibility index (Phi) is 4.73. The quantitative estimate of drug-likeness (QED) is 0.854. The Morgan fingerprint density at radius 1 is 1.21 bits per heavy atom. The summed E-state index contributed by atoms with van der Waals surface area (Å²) in [6.45, 7) is 4.01. The summed E-state index contributed by atoms with van der Waals surface area (Å²) in [5.41, 5.74) is 2.13. The van der Waals surface area contributed by atoms with Gasteiger partial charge in [-0.25, -0.2) is 4.39 Å². The van der Waals surface area contributed by atoms with Gasteiger partial charge in [0.1, 0.15) is 11.6 Å². The minimum absolute atomic E-state index is 0.0626. The van der Waals surface area contributed by atoms with Crippen molar-refractivity contribution >= 4 is 23.1 Å². The van der Waals surface area contributed by atoms with E-state index in [2.05, 4.69) is 4.90 Å². The molecule has 0 saturated carbocycles. The number of carbonyl (C=O) groups excluding carboxylic acids is 1. The first-order valence-electron chi connectivity index (χ1n) is 7.63. The molecule has 1 aliphatic rings. The Bertz CT molecular complexity index is 788. The van der Waals surface area contributed by atoms with Crippen molar-refractivity contribution in [1.82, 2.24) is 0 Å². The van der Waals surface area contributed by atoms with Crippen LogP contribution < -0.4 is 4.90 Å². The van der Waals surface area contributed by atoms with Crippen LogP contribution in [-0.2, 0) is 4.74 Å². The minimum Gasteiger partial charge on any atom is -0.506 e. The third-order valence-corrected chi connectivity index (χ3v) is 4.38. The van der Waals surface area contributed by atoms with Crippen molar-refractivity contribution in [2.45, 2.75) is 6.92 Å². The molecule has 0 spiro atoms. The molecule has 126 valence electrons. The van der Waals surface area contributed by atoms with Crippen LogP contribution in [0.25, 0.3) is 11.1 Å². The Hall–Kier alpha value is -2.11. The van der Waals surface area contributed by atoms with Gasteiger partial charge in [0, 0.05) is 41.5 Å². The molecule has 1 fully saturated rings. The molecule has 0 unspecified atom stereocenters. The zero-order valence-corrected chi connectivity index (χ0v) is 13.9. The Morgan fingerprint density at radius 2 is 1.92 bits per heavy atom. The summed E-state index contributed by atoms with van der Waals surface area (Å²) in [4.78, 5) is 13.8. The number of morpholine rings is 1. The highest BCUT2D eigenvalue weighted by molar-refractivity contribution is 6.32. The number of phenols is 1. The Labute approximate surface area is 144 Å². The molecule has 0 aromatic heterocycles. The van der Waals surface area contributed by atoms with E-state index >= 15 is 0 Å². The molecule has 1 saturated heterocycles. The lowest BCUT2D eigenvalue weighted by molar-refractivity contribution is 0.101. The van der Waals surface area contributed by atoms with Crippen LogP contribution in [0.3, 0.4) is 0 Å². The van der Waals surface area contributed by atoms with Crippen LogP contribution in [0.4, 0.5) is 10.1 Å². The summed E-state index contributed by atoms with van der Waals surface area (Å²) in [5, 5.41) is 9.64. The maximum absolute atomic E-state index is 14.4. The number of nitrogens with zero attached hydrogens (tertiary/aromatic N) is 1. The monoisotopic (exact) mass is 349 g/mol. The minimum atomic E-state index is -0.591. The van der Waals surface area contributed by atoms with Crippen molar-refractivity contribution < 1.29 is 19.0 Å². The number of benzene rings is 2. The normalized spacial score (nSPS) is 14.7. The van der Waals surface area contributed by atoms with Crippen LogP contribution in [0, 0.1) is 5.82 Å². The van der Waals surface area contributed by atoms with E-state index in [9.17, 15) is 14.3 Å². The lowest BCUT2D eigenvalue weighted by atomic mass is 9.98. The number of carbonyl (C=O) groups is 1. The molecule has 0 amide bonds. The van der Waals surface area contributed by atoms with Crippen LogP contribution in [0.2, 0.25) is 5.02 Å². The third-order valence-electron chi connectivity index (χ3n) is 4.08. The van der Waals surface area contributed by atoms with E-state index in [0.717, 1.165) is 11.8 Å². The molecule has 24 heavy (non-hydrogen) atoms. The smallest absolute Gasteiger partial charge is 0.159 e. The van der Waals surface area contributed by atoms with Gasteiger partial charge in [-0.15, -0.1) is 0 Å². The SMILES string of the molecule is CC(=O)c1ccc(N2CCOCC2)c(-c2cc(Cl)c(O)cc2F)c1. The van der Waals surface area contributed by atoms with Gasteiger partial charge in [0.25, 0.3) is 0 Å². The summed E-state index contributed by atoms with van der Waals surface area (Å²) in [6, 6.07) is 7.59. The molecule has 0 bridgehead atoms. The molecule has 4 nitrogen and oxygen atoms in total. The highest BCUT2D eigenvalue weighted by Crippen LogP contribution is 2.38. The van der Waals surface area contributed by atoms with E-state index < -0.39 is 5.82 Å². The molecular formula is C18H17ClFNO3. The molecule has 6 heteroatoms. The van der Waals surface area contributed by atoms with Gasteiger partial charge in [0.05, 0.1) is 18.2 Å². The van der Waals surface area contributed by atoms with Gasteiger partial charge in [0.15, 0.2) is 5.78 Å². The van der Waals surface area contributed by atoms with Gasteiger partial charge in [-0.2, -0.15) is 0 Å². The molecular weight excluding hydrogens is 333 g/mol. The van der Waals surface area contributed by atoms with E-state index in [1.807, 2.05) is 6.07 Å². The molecule has 1 aliphatic heterocycles. The van der Waals surface area contributed by atoms with Crippen molar-refractivity contribution in [3.05, 3.63) is 46.7 Å². The van der Waals surface area contributed by atoms with E-state index in [4.69, 9.17) is 16.3 Å². The number of ketones is 1. The van der Waals surface area contributed by atoms with Crippen molar-refractivity contribution in [2.75, 3.05) is 31.2 Å². The summed E-state index contributed by atoms with van der Waals surface area (Å²) < 4.78 is 19.8. The fraction of sp³-hybridized carbons (Fsp3) is 0.278. The Morgan fingerprint density at radius 3 is 2.58 bits per heavy atom. The average molecular weight is 350 g/mol. The van der Waals surface area contributed by atoms with Crippen LogP contribution >= 0.6 is 11.6 Å². The Balaban J connectivity index is 2.17. The number of hydrogen-bond donors (Lipinski definition) is 1. The first-order valence-corrected chi connectivity index (χ1v) is 8.01.